The molecule has 0 aromatic heterocycles. The first-order valence-corrected chi connectivity index (χ1v) is 8.72. The van der Waals surface area contributed by atoms with Gasteiger partial charge in [0.15, 0.2) is 0 Å². The van der Waals surface area contributed by atoms with Gasteiger partial charge in [-0.25, -0.2) is 4.39 Å². The minimum Gasteiger partial charge on any atom is -0.366 e. The highest BCUT2D eigenvalue weighted by Crippen LogP contribution is 2.19. The summed E-state index contributed by atoms with van der Waals surface area (Å²) in [5.41, 5.74) is 8.44. The fourth-order valence-corrected chi connectivity index (χ4v) is 2.69. The highest BCUT2D eigenvalue weighted by atomic mass is 19.1. The molecule has 0 saturated carbocycles. The number of hydrogen-bond acceptors (Lipinski definition) is 2. The van der Waals surface area contributed by atoms with E-state index in [1.165, 1.54) is 12.1 Å². The van der Waals surface area contributed by atoms with E-state index in [0.717, 1.165) is 16.7 Å². The van der Waals surface area contributed by atoms with E-state index in [1.807, 2.05) is 30.3 Å². The molecule has 4 nitrogen and oxygen atoms in total. The molecule has 0 spiro atoms. The first kappa shape index (κ1) is 19.0. The normalized spacial score (nSPS) is 11.1. The van der Waals surface area contributed by atoms with Gasteiger partial charge in [-0.1, -0.05) is 54.6 Å². The van der Waals surface area contributed by atoms with Crippen LogP contribution in [0.15, 0.2) is 78.9 Å². The molecule has 0 heterocycles. The number of primary amides is 1. The van der Waals surface area contributed by atoms with Crippen LogP contribution < -0.4 is 11.1 Å². The second-order valence-corrected chi connectivity index (χ2v) is 6.22. The van der Waals surface area contributed by atoms with Crippen molar-refractivity contribution in [1.29, 1.82) is 0 Å². The molecule has 0 aliphatic heterocycles. The van der Waals surface area contributed by atoms with E-state index in [2.05, 4.69) is 5.32 Å². The lowest BCUT2D eigenvalue weighted by molar-refractivity contribution is -0.115. The number of halogens is 1. The molecule has 3 aromatic rings. The zero-order chi connectivity index (χ0) is 19.9. The summed E-state index contributed by atoms with van der Waals surface area (Å²) in [5.74, 6) is -1.08. The smallest absolute Gasteiger partial charge is 0.252 e. The molecule has 140 valence electrons. The summed E-state index contributed by atoms with van der Waals surface area (Å²) >= 11 is 0. The summed E-state index contributed by atoms with van der Waals surface area (Å²) in [6.07, 6.45) is 1.72. The number of rotatable bonds is 6. The molecule has 5 heteroatoms. The first-order chi connectivity index (χ1) is 13.5. The number of amides is 2. The number of benzene rings is 3. The molecular formula is C23H19FN2O2. The van der Waals surface area contributed by atoms with E-state index in [-0.39, 0.29) is 11.7 Å². The third-order valence-corrected chi connectivity index (χ3v) is 4.20. The Balaban J connectivity index is 1.80. The van der Waals surface area contributed by atoms with Crippen LogP contribution in [0.5, 0.6) is 0 Å². The van der Waals surface area contributed by atoms with Gasteiger partial charge in [-0.3, -0.25) is 9.59 Å². The van der Waals surface area contributed by atoms with Gasteiger partial charge in [0.2, 0.25) is 5.91 Å². The van der Waals surface area contributed by atoms with Gasteiger partial charge in [0, 0.05) is 17.7 Å². The molecule has 0 bridgehead atoms. The summed E-state index contributed by atoms with van der Waals surface area (Å²) in [4.78, 5) is 24.0. The SMILES string of the molecule is NC(=O)c1ccc(CNC(=O)/C(=C/c2ccc(F)cc2)c2ccccc2)cc1. The maximum Gasteiger partial charge on any atom is 0.252 e. The van der Waals surface area contributed by atoms with Gasteiger partial charge < -0.3 is 11.1 Å². The molecule has 0 aliphatic rings. The minimum absolute atomic E-state index is 0.255. The average molecular weight is 374 g/mol. The predicted molar refractivity (Wildman–Crippen MR) is 108 cm³/mol. The fourth-order valence-electron chi connectivity index (χ4n) is 2.69. The molecule has 3 rings (SSSR count). The van der Waals surface area contributed by atoms with Gasteiger partial charge in [-0.05, 0) is 47.0 Å². The third kappa shape index (κ3) is 4.92. The van der Waals surface area contributed by atoms with Gasteiger partial charge in [0.05, 0.1) is 0 Å². The van der Waals surface area contributed by atoms with Crippen LogP contribution in [-0.4, -0.2) is 11.8 Å². The van der Waals surface area contributed by atoms with Crippen LogP contribution in [0, 0.1) is 5.82 Å². The Kier molecular flexibility index (Phi) is 5.97. The maximum absolute atomic E-state index is 13.2. The average Bonchev–Trinajstić information content (AvgIpc) is 2.72. The second-order valence-electron chi connectivity index (χ2n) is 6.22. The van der Waals surface area contributed by atoms with E-state index < -0.39 is 5.91 Å². The number of hydrogen-bond donors (Lipinski definition) is 2. The molecule has 28 heavy (non-hydrogen) atoms. The van der Waals surface area contributed by atoms with E-state index in [9.17, 15) is 14.0 Å². The quantitative estimate of drug-likeness (QED) is 0.509. The highest BCUT2D eigenvalue weighted by Gasteiger charge is 2.12. The first-order valence-electron chi connectivity index (χ1n) is 8.72. The second kappa shape index (κ2) is 8.77. The van der Waals surface area contributed by atoms with Crippen molar-refractivity contribution in [3.63, 3.8) is 0 Å². The number of carbonyl (C=O) groups is 2. The Labute approximate surface area is 162 Å². The van der Waals surface area contributed by atoms with Gasteiger partial charge in [0.1, 0.15) is 5.82 Å². The number of nitrogens with one attached hydrogen (secondary N) is 1. The molecule has 3 aromatic carbocycles. The van der Waals surface area contributed by atoms with Crippen molar-refractivity contribution < 1.29 is 14.0 Å². The van der Waals surface area contributed by atoms with Crippen LogP contribution in [0.4, 0.5) is 4.39 Å². The van der Waals surface area contributed by atoms with Crippen molar-refractivity contribution in [3.8, 4) is 0 Å². The Bertz CT molecular complexity index is 995. The van der Waals surface area contributed by atoms with Crippen molar-refractivity contribution in [3.05, 3.63) is 107 Å². The topological polar surface area (TPSA) is 72.2 Å². The molecule has 2 amide bonds. The van der Waals surface area contributed by atoms with Crippen LogP contribution in [0.1, 0.15) is 27.0 Å². The summed E-state index contributed by atoms with van der Waals surface area (Å²) < 4.78 is 13.2. The van der Waals surface area contributed by atoms with Crippen molar-refractivity contribution in [1.82, 2.24) is 5.32 Å². The van der Waals surface area contributed by atoms with Crippen LogP contribution >= 0.6 is 0 Å². The van der Waals surface area contributed by atoms with Crippen molar-refractivity contribution in [2.24, 2.45) is 5.73 Å². The number of carbonyl (C=O) groups excluding carboxylic acids is 2. The van der Waals surface area contributed by atoms with Crippen molar-refractivity contribution in [2.45, 2.75) is 6.54 Å². The van der Waals surface area contributed by atoms with E-state index in [4.69, 9.17) is 5.73 Å². The summed E-state index contributed by atoms with van der Waals surface area (Å²) in [6, 6.07) is 21.9. The Morgan fingerprint density at radius 3 is 2.11 bits per heavy atom. The van der Waals surface area contributed by atoms with Crippen LogP contribution in [0.2, 0.25) is 0 Å². The molecular weight excluding hydrogens is 355 g/mol. The molecule has 0 aliphatic carbocycles. The molecule has 0 saturated heterocycles. The summed E-state index contributed by atoms with van der Waals surface area (Å²) in [5, 5.41) is 2.88. The Morgan fingerprint density at radius 2 is 1.50 bits per heavy atom. The number of nitrogens with two attached hydrogens (primary N) is 1. The molecule has 0 unspecified atom stereocenters. The van der Waals surface area contributed by atoms with Crippen LogP contribution in [0.3, 0.4) is 0 Å². The van der Waals surface area contributed by atoms with Gasteiger partial charge >= 0.3 is 0 Å². The van der Waals surface area contributed by atoms with Crippen molar-refractivity contribution >= 4 is 23.5 Å². The molecule has 0 fully saturated rings. The largest absolute Gasteiger partial charge is 0.366 e. The lowest BCUT2D eigenvalue weighted by Gasteiger charge is -2.10. The summed E-state index contributed by atoms with van der Waals surface area (Å²) in [6.45, 7) is 0.297. The Hall–Kier alpha value is -3.73. The lowest BCUT2D eigenvalue weighted by Crippen LogP contribution is -2.24. The minimum atomic E-state index is -0.496. The van der Waals surface area contributed by atoms with E-state index in [0.29, 0.717) is 17.7 Å². The van der Waals surface area contributed by atoms with Crippen molar-refractivity contribution in [2.75, 3.05) is 0 Å². The van der Waals surface area contributed by atoms with Crippen LogP contribution in [0.25, 0.3) is 11.6 Å². The van der Waals surface area contributed by atoms with Gasteiger partial charge in [-0.15, -0.1) is 0 Å². The van der Waals surface area contributed by atoms with E-state index in [1.54, 1.807) is 42.5 Å². The Morgan fingerprint density at radius 1 is 0.857 bits per heavy atom. The predicted octanol–water partition coefficient (Wildman–Crippen LogP) is 3.78. The highest BCUT2D eigenvalue weighted by molar-refractivity contribution is 6.24. The van der Waals surface area contributed by atoms with E-state index >= 15 is 0 Å². The maximum atomic E-state index is 13.2. The zero-order valence-corrected chi connectivity index (χ0v) is 15.1. The van der Waals surface area contributed by atoms with Gasteiger partial charge in [-0.2, -0.15) is 0 Å². The molecule has 0 radical (unpaired) electrons. The molecule has 3 N–H and O–H groups in total. The molecule has 0 atom stereocenters. The standard InChI is InChI=1S/C23H19FN2O2/c24-20-12-8-16(9-13-20)14-21(18-4-2-1-3-5-18)23(28)26-15-17-6-10-19(11-7-17)22(25)27/h1-14H,15H2,(H2,25,27)(H,26,28)/b21-14+. The lowest BCUT2D eigenvalue weighted by atomic mass is 10.0. The summed E-state index contributed by atoms with van der Waals surface area (Å²) in [7, 11) is 0. The third-order valence-electron chi connectivity index (χ3n) is 4.20. The monoisotopic (exact) mass is 374 g/mol. The van der Waals surface area contributed by atoms with Gasteiger partial charge in [0.25, 0.3) is 5.91 Å². The van der Waals surface area contributed by atoms with Crippen LogP contribution in [-0.2, 0) is 11.3 Å². The fraction of sp³-hybridized carbons (Fsp3) is 0.0435. The zero-order valence-electron chi connectivity index (χ0n) is 15.1.